The third-order valence-corrected chi connectivity index (χ3v) is 5.01. The number of carbonyl (C=O) groups is 2. The van der Waals surface area contributed by atoms with Crippen molar-refractivity contribution in [1.29, 1.82) is 0 Å². The van der Waals surface area contributed by atoms with Gasteiger partial charge in [-0.15, -0.1) is 10.2 Å². The van der Waals surface area contributed by atoms with Gasteiger partial charge < -0.3 is 9.64 Å². The van der Waals surface area contributed by atoms with Crippen molar-refractivity contribution in [2.24, 2.45) is 0 Å². The second-order valence-electron chi connectivity index (χ2n) is 6.71. The Hall–Kier alpha value is -3.81. The Morgan fingerprint density at radius 2 is 2.04 bits per heavy atom. The van der Waals surface area contributed by atoms with E-state index in [2.05, 4.69) is 10.2 Å². The number of nitrogens with zero attached hydrogens (tertiary/aromatic N) is 5. The van der Waals surface area contributed by atoms with Gasteiger partial charge in [0.05, 0.1) is 23.7 Å². The highest BCUT2D eigenvalue weighted by molar-refractivity contribution is 5.99. The van der Waals surface area contributed by atoms with Crippen LogP contribution in [-0.2, 0) is 11.3 Å². The Morgan fingerprint density at radius 3 is 2.86 bits per heavy atom. The van der Waals surface area contributed by atoms with Crippen LogP contribution in [0.25, 0.3) is 27.9 Å². The summed E-state index contributed by atoms with van der Waals surface area (Å²) in [6.45, 7) is 0.561. The molecule has 1 aliphatic rings. The van der Waals surface area contributed by atoms with Gasteiger partial charge >= 0.3 is 5.97 Å². The summed E-state index contributed by atoms with van der Waals surface area (Å²) >= 11 is 0. The number of carbonyl (C=O) groups excluding carboxylic acids is 2. The van der Waals surface area contributed by atoms with E-state index in [1.54, 1.807) is 36.5 Å². The highest BCUT2D eigenvalue weighted by atomic mass is 16.5. The van der Waals surface area contributed by atoms with E-state index >= 15 is 0 Å². The minimum Gasteiger partial charge on any atom is -0.465 e. The first-order valence-electron chi connectivity index (χ1n) is 8.67. The Labute approximate surface area is 159 Å². The van der Waals surface area contributed by atoms with Crippen LogP contribution >= 0.6 is 0 Å². The van der Waals surface area contributed by atoms with Crippen molar-refractivity contribution in [3.8, 4) is 11.3 Å². The summed E-state index contributed by atoms with van der Waals surface area (Å²) in [7, 11) is 3.12. The SMILES string of the molecule is COC(=O)c1ccc2c(c1)nc(-c1ccc3c(c1)CN(C)C3=O)c1nncn12. The van der Waals surface area contributed by atoms with Gasteiger partial charge in [0.15, 0.2) is 5.65 Å². The van der Waals surface area contributed by atoms with Crippen LogP contribution in [0.3, 0.4) is 0 Å². The van der Waals surface area contributed by atoms with Crippen LogP contribution in [0.4, 0.5) is 0 Å². The van der Waals surface area contributed by atoms with Crippen LogP contribution in [0, 0.1) is 0 Å². The Kier molecular flexibility index (Phi) is 3.42. The van der Waals surface area contributed by atoms with Crippen molar-refractivity contribution in [2.75, 3.05) is 14.2 Å². The van der Waals surface area contributed by atoms with Crippen LogP contribution in [0.15, 0.2) is 42.7 Å². The maximum absolute atomic E-state index is 12.2. The zero-order valence-electron chi connectivity index (χ0n) is 15.2. The van der Waals surface area contributed by atoms with Crippen molar-refractivity contribution in [3.63, 3.8) is 0 Å². The summed E-state index contributed by atoms with van der Waals surface area (Å²) in [5.41, 5.74) is 5.57. The first-order chi connectivity index (χ1) is 13.6. The molecule has 28 heavy (non-hydrogen) atoms. The van der Waals surface area contributed by atoms with Crippen LogP contribution in [0.2, 0.25) is 0 Å². The van der Waals surface area contributed by atoms with Gasteiger partial charge in [0, 0.05) is 24.7 Å². The molecule has 1 aliphatic heterocycles. The molecule has 8 heteroatoms. The second kappa shape index (κ2) is 5.85. The fraction of sp³-hybridized carbons (Fsp3) is 0.150. The van der Waals surface area contributed by atoms with E-state index in [0.717, 1.165) is 16.6 Å². The maximum atomic E-state index is 12.2. The molecule has 0 aliphatic carbocycles. The smallest absolute Gasteiger partial charge is 0.337 e. The van der Waals surface area contributed by atoms with Gasteiger partial charge in [-0.2, -0.15) is 0 Å². The number of benzene rings is 2. The van der Waals surface area contributed by atoms with Gasteiger partial charge in [0.25, 0.3) is 5.91 Å². The molecule has 0 N–H and O–H groups in total. The third-order valence-electron chi connectivity index (χ3n) is 5.01. The number of methoxy groups -OCH3 is 1. The monoisotopic (exact) mass is 373 g/mol. The Balaban J connectivity index is 1.74. The summed E-state index contributed by atoms with van der Waals surface area (Å²) in [6.07, 6.45) is 1.62. The number of fused-ring (bicyclic) bond motifs is 4. The van der Waals surface area contributed by atoms with Crippen molar-refractivity contribution >= 4 is 28.6 Å². The van der Waals surface area contributed by atoms with Crippen LogP contribution in [0.1, 0.15) is 26.3 Å². The van der Waals surface area contributed by atoms with E-state index in [1.807, 2.05) is 22.6 Å². The molecule has 138 valence electrons. The lowest BCUT2D eigenvalue weighted by Crippen LogP contribution is -2.17. The number of hydrogen-bond acceptors (Lipinski definition) is 6. The molecule has 0 saturated carbocycles. The molecular weight excluding hydrogens is 358 g/mol. The molecule has 3 heterocycles. The molecule has 0 fully saturated rings. The number of esters is 1. The van der Waals surface area contributed by atoms with E-state index in [9.17, 15) is 9.59 Å². The average molecular weight is 373 g/mol. The van der Waals surface area contributed by atoms with Gasteiger partial charge in [-0.1, -0.05) is 6.07 Å². The topological polar surface area (TPSA) is 89.7 Å². The Morgan fingerprint density at radius 1 is 1.18 bits per heavy atom. The van der Waals surface area contributed by atoms with Gasteiger partial charge in [-0.05, 0) is 35.9 Å². The highest BCUT2D eigenvalue weighted by Crippen LogP contribution is 2.30. The molecule has 0 bridgehead atoms. The molecule has 1 amide bonds. The zero-order valence-corrected chi connectivity index (χ0v) is 15.2. The minimum atomic E-state index is -0.423. The van der Waals surface area contributed by atoms with Crippen molar-refractivity contribution in [3.05, 3.63) is 59.4 Å². The van der Waals surface area contributed by atoms with Gasteiger partial charge in [-0.25, -0.2) is 9.78 Å². The van der Waals surface area contributed by atoms with Gasteiger partial charge in [-0.3, -0.25) is 9.20 Å². The van der Waals surface area contributed by atoms with Crippen molar-refractivity contribution in [1.82, 2.24) is 24.5 Å². The third kappa shape index (κ3) is 2.27. The second-order valence-corrected chi connectivity index (χ2v) is 6.71. The predicted octanol–water partition coefficient (Wildman–Crippen LogP) is 2.32. The summed E-state index contributed by atoms with van der Waals surface area (Å²) in [5.74, 6) is -0.406. The van der Waals surface area contributed by atoms with Gasteiger partial charge in [0.2, 0.25) is 0 Å². The summed E-state index contributed by atoms with van der Waals surface area (Å²) in [6, 6.07) is 10.8. The molecule has 8 nitrogen and oxygen atoms in total. The fourth-order valence-electron chi connectivity index (χ4n) is 3.61. The quantitative estimate of drug-likeness (QED) is 0.501. The van der Waals surface area contributed by atoms with Crippen LogP contribution in [-0.4, -0.2) is 50.5 Å². The lowest BCUT2D eigenvalue weighted by Gasteiger charge is -2.09. The first-order valence-corrected chi connectivity index (χ1v) is 8.67. The molecule has 4 aromatic rings. The number of aromatic nitrogens is 4. The molecule has 5 rings (SSSR count). The molecule has 0 unspecified atom stereocenters. The standard InChI is InChI=1S/C20H15N5O3/c1-24-9-13-7-11(3-5-14(13)19(24)26)17-18-23-21-10-25(18)16-6-4-12(20(27)28-2)8-15(16)22-17/h3-8,10H,9H2,1-2H3. The van der Waals surface area contributed by atoms with Gasteiger partial charge in [0.1, 0.15) is 12.0 Å². The molecule has 0 spiro atoms. The predicted molar refractivity (Wildman–Crippen MR) is 101 cm³/mol. The summed E-state index contributed by atoms with van der Waals surface area (Å²) in [4.78, 5) is 30.5. The maximum Gasteiger partial charge on any atom is 0.337 e. The highest BCUT2D eigenvalue weighted by Gasteiger charge is 2.25. The van der Waals surface area contributed by atoms with Crippen LogP contribution in [0.5, 0.6) is 0 Å². The largest absolute Gasteiger partial charge is 0.465 e. The van der Waals surface area contributed by atoms with Crippen LogP contribution < -0.4 is 0 Å². The lowest BCUT2D eigenvalue weighted by atomic mass is 10.0. The Bertz CT molecular complexity index is 1290. The van der Waals surface area contributed by atoms with E-state index in [-0.39, 0.29) is 5.91 Å². The van der Waals surface area contributed by atoms with E-state index in [4.69, 9.17) is 9.72 Å². The molecule has 2 aromatic carbocycles. The fourth-order valence-corrected chi connectivity index (χ4v) is 3.61. The molecule has 0 atom stereocenters. The van der Waals surface area contributed by atoms with Crippen molar-refractivity contribution < 1.29 is 14.3 Å². The molecule has 0 saturated heterocycles. The lowest BCUT2D eigenvalue weighted by molar-refractivity contribution is 0.0600. The van der Waals surface area contributed by atoms with Crippen molar-refractivity contribution in [2.45, 2.75) is 6.54 Å². The van der Waals surface area contributed by atoms with E-state index in [1.165, 1.54) is 7.11 Å². The van der Waals surface area contributed by atoms with E-state index < -0.39 is 5.97 Å². The normalized spacial score (nSPS) is 13.4. The van der Waals surface area contributed by atoms with E-state index in [0.29, 0.717) is 34.5 Å². The molecule has 2 aromatic heterocycles. The summed E-state index contributed by atoms with van der Waals surface area (Å²) < 4.78 is 6.64. The minimum absolute atomic E-state index is 0.0170. The number of rotatable bonds is 2. The number of hydrogen-bond donors (Lipinski definition) is 0. The average Bonchev–Trinajstić information content (AvgIpc) is 3.31. The number of amides is 1. The first kappa shape index (κ1) is 16.4. The molecule has 0 radical (unpaired) electrons. The number of ether oxygens (including phenoxy) is 1. The molecular formula is C20H15N5O3. The zero-order chi connectivity index (χ0) is 19.4. The summed E-state index contributed by atoms with van der Waals surface area (Å²) in [5, 5.41) is 8.25.